The predicted octanol–water partition coefficient (Wildman–Crippen LogP) is 0.928. The lowest BCUT2D eigenvalue weighted by Crippen LogP contribution is -2.39. The topological polar surface area (TPSA) is 71.2 Å². The highest BCUT2D eigenvalue weighted by Crippen LogP contribution is 2.18. The van der Waals surface area contributed by atoms with Crippen LogP contribution in [-0.2, 0) is 11.3 Å². The van der Waals surface area contributed by atoms with Crippen LogP contribution in [0, 0.1) is 0 Å². The number of aromatic nitrogens is 3. The van der Waals surface area contributed by atoms with Crippen molar-refractivity contribution in [1.29, 1.82) is 0 Å². The van der Waals surface area contributed by atoms with Gasteiger partial charge in [-0.05, 0) is 12.8 Å². The van der Waals surface area contributed by atoms with Crippen LogP contribution in [0.2, 0.25) is 0 Å². The average molecular weight is 286 g/mol. The van der Waals surface area contributed by atoms with E-state index in [1.54, 1.807) is 15.8 Å². The molecule has 3 rings (SSSR count). The van der Waals surface area contributed by atoms with Crippen molar-refractivity contribution in [2.75, 3.05) is 13.2 Å². The van der Waals surface area contributed by atoms with Crippen molar-refractivity contribution in [3.63, 3.8) is 0 Å². The lowest BCUT2D eigenvalue weighted by atomic mass is 10.2. The first-order chi connectivity index (χ1) is 10.3. The van der Waals surface area contributed by atoms with E-state index in [1.165, 1.54) is 0 Å². The van der Waals surface area contributed by atoms with Crippen molar-refractivity contribution < 1.29 is 9.90 Å². The molecule has 0 spiro atoms. The molecule has 1 atom stereocenters. The van der Waals surface area contributed by atoms with Crippen LogP contribution < -0.4 is 0 Å². The first-order valence-corrected chi connectivity index (χ1v) is 7.14. The summed E-state index contributed by atoms with van der Waals surface area (Å²) in [5, 5.41) is 17.4. The van der Waals surface area contributed by atoms with Gasteiger partial charge in [-0.3, -0.25) is 4.79 Å². The molecule has 0 aliphatic carbocycles. The highest BCUT2D eigenvalue weighted by Gasteiger charge is 2.28. The van der Waals surface area contributed by atoms with Crippen LogP contribution in [0.25, 0.3) is 11.3 Å². The van der Waals surface area contributed by atoms with Gasteiger partial charge in [0.25, 0.3) is 0 Å². The van der Waals surface area contributed by atoms with Gasteiger partial charge in [-0.1, -0.05) is 35.5 Å². The molecule has 1 aromatic carbocycles. The SMILES string of the molecule is O=C(Cn1cc(-c2ccccc2)nn1)N1CCC[C@@H]1CO. The van der Waals surface area contributed by atoms with Crippen molar-refractivity contribution in [3.8, 4) is 11.3 Å². The second-order valence-electron chi connectivity index (χ2n) is 5.23. The number of amides is 1. The normalized spacial score (nSPS) is 18.1. The van der Waals surface area contributed by atoms with Gasteiger partial charge in [0.1, 0.15) is 12.2 Å². The Labute approximate surface area is 123 Å². The highest BCUT2D eigenvalue weighted by molar-refractivity contribution is 5.76. The third-order valence-electron chi connectivity index (χ3n) is 3.81. The molecule has 1 aliphatic rings. The van der Waals surface area contributed by atoms with Crippen LogP contribution >= 0.6 is 0 Å². The zero-order valence-electron chi connectivity index (χ0n) is 11.7. The molecule has 2 aromatic rings. The van der Waals surface area contributed by atoms with Gasteiger partial charge in [0.2, 0.25) is 5.91 Å². The van der Waals surface area contributed by atoms with Gasteiger partial charge < -0.3 is 10.0 Å². The number of benzene rings is 1. The molecule has 1 aromatic heterocycles. The van der Waals surface area contributed by atoms with Gasteiger partial charge in [0.05, 0.1) is 18.8 Å². The Hall–Kier alpha value is -2.21. The van der Waals surface area contributed by atoms with Gasteiger partial charge in [-0.25, -0.2) is 4.68 Å². The van der Waals surface area contributed by atoms with E-state index in [2.05, 4.69) is 10.3 Å². The Morgan fingerprint density at radius 2 is 2.14 bits per heavy atom. The third-order valence-corrected chi connectivity index (χ3v) is 3.81. The van der Waals surface area contributed by atoms with E-state index in [9.17, 15) is 9.90 Å². The molecule has 110 valence electrons. The first kappa shape index (κ1) is 13.8. The maximum atomic E-state index is 12.3. The summed E-state index contributed by atoms with van der Waals surface area (Å²) in [7, 11) is 0. The fourth-order valence-corrected chi connectivity index (χ4v) is 2.70. The molecule has 1 amide bonds. The number of aliphatic hydroxyl groups excluding tert-OH is 1. The van der Waals surface area contributed by atoms with Crippen LogP contribution in [0.3, 0.4) is 0 Å². The Morgan fingerprint density at radius 3 is 2.90 bits per heavy atom. The minimum absolute atomic E-state index is 0.0175. The van der Waals surface area contributed by atoms with E-state index in [-0.39, 0.29) is 25.1 Å². The molecule has 0 radical (unpaired) electrons. The number of nitrogens with zero attached hydrogens (tertiary/aromatic N) is 4. The Balaban J connectivity index is 1.69. The molecule has 0 saturated carbocycles. The second-order valence-corrected chi connectivity index (χ2v) is 5.23. The molecule has 0 bridgehead atoms. The number of hydrogen-bond donors (Lipinski definition) is 1. The Kier molecular flexibility index (Phi) is 3.96. The van der Waals surface area contributed by atoms with Gasteiger partial charge >= 0.3 is 0 Å². The smallest absolute Gasteiger partial charge is 0.244 e. The number of carbonyl (C=O) groups excluding carboxylic acids is 1. The predicted molar refractivity (Wildman–Crippen MR) is 77.3 cm³/mol. The number of likely N-dealkylation sites (tertiary alicyclic amines) is 1. The number of aliphatic hydroxyl groups is 1. The number of hydrogen-bond acceptors (Lipinski definition) is 4. The van der Waals surface area contributed by atoms with Gasteiger partial charge in [0, 0.05) is 12.1 Å². The summed E-state index contributed by atoms with van der Waals surface area (Å²) in [6, 6.07) is 9.69. The van der Waals surface area contributed by atoms with Gasteiger partial charge in [-0.15, -0.1) is 5.10 Å². The molecule has 1 fully saturated rings. The minimum atomic E-state index is -0.0467. The van der Waals surface area contributed by atoms with Crippen LogP contribution in [0.4, 0.5) is 0 Å². The van der Waals surface area contributed by atoms with E-state index < -0.39 is 0 Å². The molecule has 1 aliphatic heterocycles. The van der Waals surface area contributed by atoms with E-state index in [4.69, 9.17) is 0 Å². The van der Waals surface area contributed by atoms with Gasteiger partial charge in [0.15, 0.2) is 0 Å². The summed E-state index contributed by atoms with van der Waals surface area (Å²) >= 11 is 0. The quantitative estimate of drug-likeness (QED) is 0.907. The highest BCUT2D eigenvalue weighted by atomic mass is 16.3. The van der Waals surface area contributed by atoms with Crippen molar-refractivity contribution in [3.05, 3.63) is 36.5 Å². The summed E-state index contributed by atoms with van der Waals surface area (Å²) in [5.74, 6) is -0.0175. The zero-order chi connectivity index (χ0) is 14.7. The molecule has 6 nitrogen and oxygen atoms in total. The zero-order valence-corrected chi connectivity index (χ0v) is 11.7. The van der Waals surface area contributed by atoms with E-state index in [0.29, 0.717) is 6.54 Å². The maximum Gasteiger partial charge on any atom is 0.244 e. The largest absolute Gasteiger partial charge is 0.394 e. The monoisotopic (exact) mass is 286 g/mol. The summed E-state index contributed by atoms with van der Waals surface area (Å²) in [6.07, 6.45) is 3.59. The van der Waals surface area contributed by atoms with E-state index >= 15 is 0 Å². The molecule has 0 unspecified atom stereocenters. The lowest BCUT2D eigenvalue weighted by molar-refractivity contribution is -0.133. The van der Waals surface area contributed by atoms with Crippen molar-refractivity contribution >= 4 is 5.91 Å². The van der Waals surface area contributed by atoms with E-state index in [1.807, 2.05) is 30.3 Å². The number of carbonyl (C=O) groups is 1. The van der Waals surface area contributed by atoms with E-state index in [0.717, 1.165) is 24.1 Å². The van der Waals surface area contributed by atoms with Crippen molar-refractivity contribution in [1.82, 2.24) is 19.9 Å². The Morgan fingerprint density at radius 1 is 1.33 bits per heavy atom. The fraction of sp³-hybridized carbons (Fsp3) is 0.400. The third kappa shape index (κ3) is 2.95. The summed E-state index contributed by atoms with van der Waals surface area (Å²) in [6.45, 7) is 0.902. The molecular weight excluding hydrogens is 268 g/mol. The molecule has 1 N–H and O–H groups in total. The van der Waals surface area contributed by atoms with Crippen LogP contribution in [0.1, 0.15) is 12.8 Å². The van der Waals surface area contributed by atoms with Crippen LogP contribution in [-0.4, -0.2) is 50.1 Å². The lowest BCUT2D eigenvalue weighted by Gasteiger charge is -2.22. The molecule has 1 saturated heterocycles. The number of rotatable bonds is 4. The van der Waals surface area contributed by atoms with Crippen molar-refractivity contribution in [2.45, 2.75) is 25.4 Å². The summed E-state index contributed by atoms with van der Waals surface area (Å²) in [5.41, 5.74) is 1.73. The molecule has 2 heterocycles. The van der Waals surface area contributed by atoms with Crippen LogP contribution in [0.15, 0.2) is 36.5 Å². The maximum absolute atomic E-state index is 12.3. The van der Waals surface area contributed by atoms with Gasteiger partial charge in [-0.2, -0.15) is 0 Å². The summed E-state index contributed by atoms with van der Waals surface area (Å²) in [4.78, 5) is 14.0. The summed E-state index contributed by atoms with van der Waals surface area (Å²) < 4.78 is 1.55. The molecule has 6 heteroatoms. The first-order valence-electron chi connectivity index (χ1n) is 7.14. The van der Waals surface area contributed by atoms with Crippen molar-refractivity contribution in [2.24, 2.45) is 0 Å². The fourth-order valence-electron chi connectivity index (χ4n) is 2.70. The average Bonchev–Trinajstić information content (AvgIpc) is 3.16. The second kappa shape index (κ2) is 6.05. The molecular formula is C15H18N4O2. The minimum Gasteiger partial charge on any atom is -0.394 e. The Bertz CT molecular complexity index is 611. The van der Waals surface area contributed by atoms with Crippen LogP contribution in [0.5, 0.6) is 0 Å². The molecule has 21 heavy (non-hydrogen) atoms. The standard InChI is InChI=1S/C15H18N4O2/c20-11-13-7-4-8-19(13)15(21)10-18-9-14(16-17-18)12-5-2-1-3-6-12/h1-3,5-6,9,13,20H,4,7-8,10-11H2/t13-/m1/s1.